The second kappa shape index (κ2) is 6.81. The van der Waals surface area contributed by atoms with Crippen LogP contribution in [0, 0.1) is 5.41 Å². The van der Waals surface area contributed by atoms with E-state index >= 15 is 0 Å². The number of carbonyl (C=O) groups is 2. The van der Waals surface area contributed by atoms with Crippen molar-refractivity contribution in [3.63, 3.8) is 0 Å². The topological polar surface area (TPSA) is 103 Å². The van der Waals surface area contributed by atoms with E-state index in [4.69, 9.17) is 5.53 Å². The van der Waals surface area contributed by atoms with Crippen LogP contribution in [0.5, 0.6) is 0 Å². The average Bonchev–Trinajstić information content (AvgIpc) is 2.35. The Balaban J connectivity index is 2.58. The lowest BCUT2D eigenvalue weighted by Crippen LogP contribution is -2.41. The summed E-state index contributed by atoms with van der Waals surface area (Å²) >= 11 is 0. The van der Waals surface area contributed by atoms with Crippen LogP contribution in [0.1, 0.15) is 38.5 Å². The van der Waals surface area contributed by atoms with Gasteiger partial charge < -0.3 is 5.11 Å². The smallest absolute Gasteiger partial charge is 0.317 e. The molecule has 1 unspecified atom stereocenters. The van der Waals surface area contributed by atoms with Gasteiger partial charge in [0.1, 0.15) is 11.2 Å². The number of rotatable bonds is 6. The molecule has 0 radical (unpaired) electrons. The molecule has 1 N–H and O–H groups in total. The van der Waals surface area contributed by atoms with Gasteiger partial charge in [-0.3, -0.25) is 9.59 Å². The summed E-state index contributed by atoms with van der Waals surface area (Å²) in [5, 5.41) is 12.6. The fourth-order valence-electron chi connectivity index (χ4n) is 2.29. The van der Waals surface area contributed by atoms with Crippen LogP contribution in [0.3, 0.4) is 0 Å². The van der Waals surface area contributed by atoms with E-state index in [1.54, 1.807) is 12.2 Å². The summed E-state index contributed by atoms with van der Waals surface area (Å²) in [6.45, 7) is 0.254. The molecule has 6 heteroatoms. The molecule has 98 valence electrons. The van der Waals surface area contributed by atoms with Gasteiger partial charge in [0.2, 0.25) is 0 Å². The molecule has 0 spiro atoms. The Morgan fingerprint density at radius 1 is 1.50 bits per heavy atom. The Kier molecular flexibility index (Phi) is 5.39. The summed E-state index contributed by atoms with van der Waals surface area (Å²) in [6, 6.07) is 0. The quantitative estimate of drug-likeness (QED) is 0.258. The van der Waals surface area contributed by atoms with E-state index in [0.29, 0.717) is 25.7 Å². The molecule has 1 fully saturated rings. The molecule has 0 aromatic heterocycles. The molecular weight excluding hydrogens is 234 g/mol. The average molecular weight is 251 g/mol. The third-order valence-electron chi connectivity index (χ3n) is 3.36. The van der Waals surface area contributed by atoms with E-state index in [0.717, 1.165) is 12.8 Å². The van der Waals surface area contributed by atoms with Gasteiger partial charge in [-0.25, -0.2) is 0 Å². The van der Waals surface area contributed by atoms with Gasteiger partial charge >= 0.3 is 5.97 Å². The predicted molar refractivity (Wildman–Crippen MR) is 65.9 cm³/mol. The van der Waals surface area contributed by atoms with E-state index < -0.39 is 11.4 Å². The summed E-state index contributed by atoms with van der Waals surface area (Å²) in [7, 11) is 0. The number of aliphatic carboxylic acids is 1. The minimum atomic E-state index is -1.19. The lowest BCUT2D eigenvalue weighted by Gasteiger charge is -2.31. The van der Waals surface area contributed by atoms with Gasteiger partial charge in [-0.15, -0.1) is 0 Å². The number of carbonyl (C=O) groups excluding carboxylic acids is 1. The first-order chi connectivity index (χ1) is 8.63. The maximum absolute atomic E-state index is 11.9. The predicted octanol–water partition coefficient (Wildman–Crippen LogP) is 2.85. The Bertz CT molecular complexity index is 399. The molecule has 0 saturated heterocycles. The molecule has 6 nitrogen and oxygen atoms in total. The number of ketones is 1. The van der Waals surface area contributed by atoms with Crippen molar-refractivity contribution in [3.8, 4) is 0 Å². The summed E-state index contributed by atoms with van der Waals surface area (Å²) in [6.07, 6.45) is 6.68. The minimum Gasteiger partial charge on any atom is -0.480 e. The third kappa shape index (κ3) is 3.34. The number of Topliss-reactive ketones (excluding diaryl/α,β-unsaturated/α-hetero) is 1. The first kappa shape index (κ1) is 14.3. The summed E-state index contributed by atoms with van der Waals surface area (Å²) in [5.74, 6) is -1.15. The molecule has 1 rings (SSSR count). The van der Waals surface area contributed by atoms with Gasteiger partial charge in [-0.05, 0) is 31.2 Å². The second-order valence-corrected chi connectivity index (χ2v) is 4.44. The van der Waals surface area contributed by atoms with Gasteiger partial charge in [0.15, 0.2) is 0 Å². The SMILES string of the molecule is [N-]=[N+]=NCC=CCCC1(C(=O)O)CCCCC1=O. The summed E-state index contributed by atoms with van der Waals surface area (Å²) < 4.78 is 0. The molecule has 1 aliphatic rings. The first-order valence-corrected chi connectivity index (χ1v) is 6.06. The standard InChI is InChI=1S/C12H17N3O3/c13-15-14-9-5-1-3-7-12(11(17)18)8-4-2-6-10(12)16/h1,5H,2-4,6-9H2,(H,17,18). The summed E-state index contributed by atoms with van der Waals surface area (Å²) in [5.41, 5.74) is 6.88. The highest BCUT2D eigenvalue weighted by Gasteiger charge is 2.45. The van der Waals surface area contributed by atoms with Crippen molar-refractivity contribution >= 4 is 11.8 Å². The Labute approximate surface area is 105 Å². The van der Waals surface area contributed by atoms with E-state index in [2.05, 4.69) is 10.0 Å². The number of hydrogen-bond acceptors (Lipinski definition) is 3. The molecule has 0 aromatic rings. The zero-order valence-electron chi connectivity index (χ0n) is 10.2. The molecule has 1 saturated carbocycles. The lowest BCUT2D eigenvalue weighted by atomic mass is 9.70. The van der Waals surface area contributed by atoms with E-state index in [1.807, 2.05) is 0 Å². The fourth-order valence-corrected chi connectivity index (χ4v) is 2.29. The van der Waals surface area contributed by atoms with Crippen LogP contribution in [-0.2, 0) is 9.59 Å². The minimum absolute atomic E-state index is 0.148. The molecule has 1 aliphatic carbocycles. The highest BCUT2D eigenvalue weighted by Crippen LogP contribution is 2.37. The van der Waals surface area contributed by atoms with Crippen LogP contribution in [0.2, 0.25) is 0 Å². The third-order valence-corrected chi connectivity index (χ3v) is 3.36. The second-order valence-electron chi connectivity index (χ2n) is 4.44. The molecule has 0 aromatic carbocycles. The molecule has 0 bridgehead atoms. The highest BCUT2D eigenvalue weighted by molar-refractivity contribution is 6.03. The number of allylic oxidation sites excluding steroid dienone is 1. The monoisotopic (exact) mass is 251 g/mol. The summed E-state index contributed by atoms with van der Waals surface area (Å²) in [4.78, 5) is 25.8. The van der Waals surface area contributed by atoms with Crippen molar-refractivity contribution in [2.45, 2.75) is 38.5 Å². The van der Waals surface area contributed by atoms with Crippen LogP contribution in [0.4, 0.5) is 0 Å². The van der Waals surface area contributed by atoms with Crippen molar-refractivity contribution < 1.29 is 14.7 Å². The first-order valence-electron chi connectivity index (χ1n) is 6.06. The van der Waals surface area contributed by atoms with Crippen molar-refractivity contribution in [2.24, 2.45) is 10.5 Å². The maximum Gasteiger partial charge on any atom is 0.317 e. The van der Waals surface area contributed by atoms with E-state index in [-0.39, 0.29) is 12.3 Å². The van der Waals surface area contributed by atoms with Crippen LogP contribution < -0.4 is 0 Å². The molecule has 0 amide bonds. The van der Waals surface area contributed by atoms with Gasteiger partial charge in [-0.2, -0.15) is 0 Å². The van der Waals surface area contributed by atoms with Crippen LogP contribution in [0.15, 0.2) is 17.3 Å². The van der Waals surface area contributed by atoms with Gasteiger partial charge in [0.25, 0.3) is 0 Å². The van der Waals surface area contributed by atoms with Crippen LogP contribution in [-0.4, -0.2) is 23.4 Å². The Hall–Kier alpha value is -1.81. The van der Waals surface area contributed by atoms with Gasteiger partial charge in [-0.1, -0.05) is 23.7 Å². The molecule has 0 heterocycles. The fraction of sp³-hybridized carbons (Fsp3) is 0.667. The van der Waals surface area contributed by atoms with Crippen molar-refractivity contribution in [2.75, 3.05) is 6.54 Å². The number of nitrogens with zero attached hydrogens (tertiary/aromatic N) is 3. The number of azide groups is 1. The Morgan fingerprint density at radius 2 is 2.28 bits per heavy atom. The zero-order valence-corrected chi connectivity index (χ0v) is 10.2. The highest BCUT2D eigenvalue weighted by atomic mass is 16.4. The van der Waals surface area contributed by atoms with Gasteiger partial charge in [0.05, 0.1) is 0 Å². The van der Waals surface area contributed by atoms with Crippen molar-refractivity contribution in [1.82, 2.24) is 0 Å². The normalized spacial score (nSPS) is 23.9. The molecule has 0 aliphatic heterocycles. The van der Waals surface area contributed by atoms with Crippen LogP contribution >= 0.6 is 0 Å². The number of carboxylic acids is 1. The van der Waals surface area contributed by atoms with Crippen molar-refractivity contribution in [1.29, 1.82) is 0 Å². The van der Waals surface area contributed by atoms with Crippen LogP contribution in [0.25, 0.3) is 10.4 Å². The van der Waals surface area contributed by atoms with E-state index in [9.17, 15) is 14.7 Å². The maximum atomic E-state index is 11.9. The number of carboxylic acid groups (broad SMARTS) is 1. The zero-order chi connectivity index (χ0) is 13.4. The van der Waals surface area contributed by atoms with Gasteiger partial charge in [0, 0.05) is 17.9 Å². The van der Waals surface area contributed by atoms with Crippen molar-refractivity contribution in [3.05, 3.63) is 22.6 Å². The molecular formula is C12H17N3O3. The van der Waals surface area contributed by atoms with E-state index in [1.165, 1.54) is 0 Å². The largest absolute Gasteiger partial charge is 0.480 e. The Morgan fingerprint density at radius 3 is 2.89 bits per heavy atom. The molecule has 18 heavy (non-hydrogen) atoms. The number of hydrogen-bond donors (Lipinski definition) is 1. The molecule has 1 atom stereocenters. The lowest BCUT2D eigenvalue weighted by molar-refractivity contribution is -0.157.